The highest BCUT2D eigenvalue weighted by molar-refractivity contribution is 7.09. The van der Waals surface area contributed by atoms with Crippen molar-refractivity contribution < 1.29 is 4.79 Å². The van der Waals surface area contributed by atoms with Crippen LogP contribution in [0.1, 0.15) is 25.6 Å². The van der Waals surface area contributed by atoms with Crippen molar-refractivity contribution in [2.75, 3.05) is 18.9 Å². The Hall–Kier alpha value is -1.17. The number of hydrogen-bond donors (Lipinski definition) is 2. The lowest BCUT2D eigenvalue weighted by Crippen LogP contribution is -2.20. The molecule has 0 saturated carbocycles. The third-order valence-electron chi connectivity index (χ3n) is 1.85. The fraction of sp³-hybridized carbons (Fsp3) is 0.667. The molecular formula is C9H16N4OS. The van der Waals surface area contributed by atoms with Crippen LogP contribution in [0.25, 0.3) is 0 Å². The van der Waals surface area contributed by atoms with Crippen molar-refractivity contribution in [2.45, 2.75) is 26.2 Å². The largest absolute Gasteiger partial charge is 0.360 e. The average molecular weight is 228 g/mol. The van der Waals surface area contributed by atoms with Gasteiger partial charge in [-0.05, 0) is 6.42 Å². The summed E-state index contributed by atoms with van der Waals surface area (Å²) in [5, 5.41) is 6.43. The summed E-state index contributed by atoms with van der Waals surface area (Å²) >= 11 is 1.34. The first-order valence-corrected chi connectivity index (χ1v) is 5.80. The molecule has 0 unspecified atom stereocenters. The van der Waals surface area contributed by atoms with Gasteiger partial charge in [0.25, 0.3) is 0 Å². The zero-order valence-electron chi connectivity index (χ0n) is 9.04. The summed E-state index contributed by atoms with van der Waals surface area (Å²) in [5.41, 5.74) is 0. The zero-order valence-corrected chi connectivity index (χ0v) is 9.86. The predicted octanol–water partition coefficient (Wildman–Crippen LogP) is 1.04. The molecule has 1 aromatic heterocycles. The maximum Gasteiger partial charge on any atom is 0.221 e. The molecule has 0 radical (unpaired) electrons. The minimum absolute atomic E-state index is 0.0285. The van der Waals surface area contributed by atoms with E-state index in [0.29, 0.717) is 13.0 Å². The number of aryl methyl sites for hydroxylation is 1. The van der Waals surface area contributed by atoms with E-state index in [1.807, 2.05) is 0 Å². The number of amides is 1. The summed E-state index contributed by atoms with van der Waals surface area (Å²) in [7, 11) is 1.63. The normalized spacial score (nSPS) is 10.0. The standard InChI is InChI=1S/C9H16N4OS/c1-3-4-7-12-9(15-13-7)11-6-5-8(14)10-2/h3-6H2,1-2H3,(H,10,14)(H,11,12,13). The minimum Gasteiger partial charge on any atom is -0.360 e. The molecule has 0 aliphatic carbocycles. The van der Waals surface area contributed by atoms with Crippen LogP contribution in [0.4, 0.5) is 5.13 Å². The number of nitrogens with zero attached hydrogens (tertiary/aromatic N) is 2. The summed E-state index contributed by atoms with van der Waals surface area (Å²) in [6.07, 6.45) is 2.42. The van der Waals surface area contributed by atoms with Crippen molar-refractivity contribution in [3.8, 4) is 0 Å². The molecule has 6 heteroatoms. The van der Waals surface area contributed by atoms with Gasteiger partial charge >= 0.3 is 0 Å². The van der Waals surface area contributed by atoms with Gasteiger partial charge in [-0.25, -0.2) is 4.98 Å². The SMILES string of the molecule is CCCc1nsc(NCCC(=O)NC)n1. The van der Waals surface area contributed by atoms with Crippen LogP contribution in [0, 0.1) is 0 Å². The molecule has 0 bridgehead atoms. The summed E-state index contributed by atoms with van der Waals surface area (Å²) in [6.45, 7) is 2.69. The van der Waals surface area contributed by atoms with Gasteiger partial charge in [-0.1, -0.05) is 6.92 Å². The first-order valence-electron chi connectivity index (χ1n) is 5.03. The van der Waals surface area contributed by atoms with Crippen LogP contribution < -0.4 is 10.6 Å². The van der Waals surface area contributed by atoms with Crippen LogP contribution in [0.3, 0.4) is 0 Å². The van der Waals surface area contributed by atoms with Gasteiger partial charge in [-0.15, -0.1) is 0 Å². The third-order valence-corrected chi connectivity index (χ3v) is 2.56. The molecule has 1 amide bonds. The van der Waals surface area contributed by atoms with Crippen LogP contribution in [0.15, 0.2) is 0 Å². The number of carbonyl (C=O) groups is 1. The number of rotatable bonds is 6. The fourth-order valence-corrected chi connectivity index (χ4v) is 1.70. The number of aromatic nitrogens is 2. The molecule has 0 saturated heterocycles. The van der Waals surface area contributed by atoms with Gasteiger partial charge in [-0.2, -0.15) is 4.37 Å². The Morgan fingerprint density at radius 2 is 2.33 bits per heavy atom. The second-order valence-corrected chi connectivity index (χ2v) is 3.87. The van der Waals surface area contributed by atoms with Crippen molar-refractivity contribution in [1.29, 1.82) is 0 Å². The van der Waals surface area contributed by atoms with Gasteiger partial charge < -0.3 is 10.6 Å². The van der Waals surface area contributed by atoms with Crippen LogP contribution >= 0.6 is 11.5 Å². The first kappa shape index (κ1) is 11.9. The Bertz CT molecular complexity index is 313. The van der Waals surface area contributed by atoms with Crippen LogP contribution in [0.2, 0.25) is 0 Å². The third kappa shape index (κ3) is 4.24. The Balaban J connectivity index is 2.28. The second-order valence-electron chi connectivity index (χ2n) is 3.12. The molecule has 1 heterocycles. The molecule has 0 spiro atoms. The first-order chi connectivity index (χ1) is 7.26. The topological polar surface area (TPSA) is 66.9 Å². The highest BCUT2D eigenvalue weighted by Gasteiger charge is 2.03. The lowest BCUT2D eigenvalue weighted by atomic mass is 10.3. The molecule has 0 aromatic carbocycles. The molecule has 5 nitrogen and oxygen atoms in total. The van der Waals surface area contributed by atoms with Crippen LogP contribution in [-0.2, 0) is 11.2 Å². The van der Waals surface area contributed by atoms with E-state index < -0.39 is 0 Å². The van der Waals surface area contributed by atoms with E-state index >= 15 is 0 Å². The Kier molecular flexibility index (Phi) is 5.03. The number of anilines is 1. The fourth-order valence-electron chi connectivity index (χ4n) is 1.06. The predicted molar refractivity (Wildman–Crippen MR) is 61.1 cm³/mol. The van der Waals surface area contributed by atoms with E-state index in [9.17, 15) is 4.79 Å². The molecule has 0 atom stereocenters. The number of hydrogen-bond acceptors (Lipinski definition) is 5. The van der Waals surface area contributed by atoms with Gasteiger partial charge in [0.2, 0.25) is 11.0 Å². The summed E-state index contributed by atoms with van der Waals surface area (Å²) < 4.78 is 4.19. The van der Waals surface area contributed by atoms with Gasteiger partial charge in [0.1, 0.15) is 5.82 Å². The highest BCUT2D eigenvalue weighted by Crippen LogP contribution is 2.11. The Morgan fingerprint density at radius 3 is 3.00 bits per heavy atom. The second kappa shape index (κ2) is 6.34. The van der Waals surface area contributed by atoms with Crippen LogP contribution in [-0.4, -0.2) is 28.9 Å². The van der Waals surface area contributed by atoms with Crippen LogP contribution in [0.5, 0.6) is 0 Å². The molecule has 2 N–H and O–H groups in total. The quantitative estimate of drug-likeness (QED) is 0.763. The lowest BCUT2D eigenvalue weighted by Gasteiger charge is -2.00. The van der Waals surface area contributed by atoms with E-state index in [4.69, 9.17) is 0 Å². The molecule has 0 aliphatic rings. The lowest BCUT2D eigenvalue weighted by molar-refractivity contribution is -0.120. The van der Waals surface area contributed by atoms with E-state index in [1.165, 1.54) is 11.5 Å². The molecule has 15 heavy (non-hydrogen) atoms. The van der Waals surface area contributed by atoms with E-state index in [-0.39, 0.29) is 5.91 Å². The van der Waals surface area contributed by atoms with Crippen molar-refractivity contribution in [3.05, 3.63) is 5.82 Å². The molecule has 1 rings (SSSR count). The Morgan fingerprint density at radius 1 is 1.53 bits per heavy atom. The molecule has 1 aromatic rings. The average Bonchev–Trinajstić information content (AvgIpc) is 2.66. The van der Waals surface area contributed by atoms with Crippen molar-refractivity contribution in [3.63, 3.8) is 0 Å². The van der Waals surface area contributed by atoms with Crippen molar-refractivity contribution in [2.24, 2.45) is 0 Å². The maximum absolute atomic E-state index is 10.9. The van der Waals surface area contributed by atoms with Gasteiger partial charge in [0.15, 0.2) is 0 Å². The minimum atomic E-state index is 0.0285. The Labute approximate surface area is 93.5 Å². The zero-order chi connectivity index (χ0) is 11.1. The monoisotopic (exact) mass is 228 g/mol. The summed E-state index contributed by atoms with van der Waals surface area (Å²) in [4.78, 5) is 15.2. The van der Waals surface area contributed by atoms with Crippen molar-refractivity contribution >= 4 is 22.6 Å². The molecule has 84 valence electrons. The molecule has 0 aliphatic heterocycles. The highest BCUT2D eigenvalue weighted by atomic mass is 32.1. The van der Waals surface area contributed by atoms with E-state index in [2.05, 4.69) is 26.9 Å². The molecule has 0 fully saturated rings. The number of nitrogens with one attached hydrogen (secondary N) is 2. The van der Waals surface area contributed by atoms with Gasteiger partial charge in [0.05, 0.1) is 0 Å². The summed E-state index contributed by atoms with van der Waals surface area (Å²) in [5.74, 6) is 0.908. The number of carbonyl (C=O) groups excluding carboxylic acids is 1. The smallest absolute Gasteiger partial charge is 0.221 e. The van der Waals surface area contributed by atoms with Gasteiger partial charge in [-0.3, -0.25) is 4.79 Å². The van der Waals surface area contributed by atoms with E-state index in [1.54, 1.807) is 7.05 Å². The van der Waals surface area contributed by atoms with Gasteiger partial charge in [0, 0.05) is 38.0 Å². The molecular weight excluding hydrogens is 212 g/mol. The maximum atomic E-state index is 10.9. The van der Waals surface area contributed by atoms with E-state index in [0.717, 1.165) is 23.8 Å². The van der Waals surface area contributed by atoms with Crippen molar-refractivity contribution in [1.82, 2.24) is 14.7 Å². The summed E-state index contributed by atoms with van der Waals surface area (Å²) in [6, 6.07) is 0.